The lowest BCUT2D eigenvalue weighted by Gasteiger charge is -2.28. The molecule has 1 saturated heterocycles. The maximum Gasteiger partial charge on any atom is 0.246 e. The zero-order valence-corrected chi connectivity index (χ0v) is 14.0. The summed E-state index contributed by atoms with van der Waals surface area (Å²) in [7, 11) is -3.57. The van der Waals surface area contributed by atoms with Gasteiger partial charge in [0.25, 0.3) is 0 Å². The summed E-state index contributed by atoms with van der Waals surface area (Å²) in [6.45, 7) is 1.59. The number of hydrogen-bond acceptors (Lipinski definition) is 3. The first-order valence-electron chi connectivity index (χ1n) is 6.70. The van der Waals surface area contributed by atoms with E-state index in [1.54, 1.807) is 22.5 Å². The van der Waals surface area contributed by atoms with Crippen LogP contribution in [-0.4, -0.2) is 37.9 Å². The van der Waals surface area contributed by atoms with E-state index < -0.39 is 10.0 Å². The SMILES string of the molecule is O=S(=O)(c1c(Cl)cccc1Br)N(C1CC1)C1CCNC1. The molecule has 2 fully saturated rings. The molecule has 1 saturated carbocycles. The van der Waals surface area contributed by atoms with Crippen molar-refractivity contribution in [3.05, 3.63) is 27.7 Å². The van der Waals surface area contributed by atoms with Crippen molar-refractivity contribution >= 4 is 37.6 Å². The summed E-state index contributed by atoms with van der Waals surface area (Å²) >= 11 is 9.46. The average molecular weight is 380 g/mol. The summed E-state index contributed by atoms with van der Waals surface area (Å²) in [5.74, 6) is 0. The van der Waals surface area contributed by atoms with Gasteiger partial charge in [-0.05, 0) is 53.9 Å². The Bertz CT molecular complexity index is 593. The molecular formula is C13H16BrClN2O2S. The van der Waals surface area contributed by atoms with E-state index in [1.165, 1.54) is 0 Å². The Hall–Kier alpha value is -0.140. The van der Waals surface area contributed by atoms with Crippen LogP contribution in [0.2, 0.25) is 5.02 Å². The molecule has 0 spiro atoms. The van der Waals surface area contributed by atoms with E-state index in [0.29, 0.717) is 4.47 Å². The summed E-state index contributed by atoms with van der Waals surface area (Å²) in [6.07, 6.45) is 2.74. The van der Waals surface area contributed by atoms with Crippen molar-refractivity contribution < 1.29 is 8.42 Å². The highest BCUT2D eigenvalue weighted by Gasteiger charge is 2.44. The summed E-state index contributed by atoms with van der Waals surface area (Å²) < 4.78 is 28.3. The van der Waals surface area contributed by atoms with Crippen LogP contribution in [0.25, 0.3) is 0 Å². The van der Waals surface area contributed by atoms with E-state index in [-0.39, 0.29) is 22.0 Å². The molecule has 110 valence electrons. The first-order chi connectivity index (χ1) is 9.51. The molecule has 0 radical (unpaired) electrons. The number of rotatable bonds is 4. The number of nitrogens with one attached hydrogen (secondary N) is 1. The lowest BCUT2D eigenvalue weighted by Crippen LogP contribution is -2.43. The van der Waals surface area contributed by atoms with Gasteiger partial charge >= 0.3 is 0 Å². The Morgan fingerprint density at radius 2 is 2.00 bits per heavy atom. The Kier molecular flexibility index (Phi) is 4.12. The van der Waals surface area contributed by atoms with Gasteiger partial charge in [0, 0.05) is 23.1 Å². The van der Waals surface area contributed by atoms with Crippen molar-refractivity contribution in [2.24, 2.45) is 0 Å². The zero-order valence-electron chi connectivity index (χ0n) is 10.9. The fourth-order valence-corrected chi connectivity index (χ4v) is 6.29. The molecule has 1 aliphatic carbocycles. The molecule has 1 unspecified atom stereocenters. The van der Waals surface area contributed by atoms with Gasteiger partial charge in [-0.15, -0.1) is 0 Å². The molecule has 1 N–H and O–H groups in total. The van der Waals surface area contributed by atoms with Gasteiger partial charge in [-0.25, -0.2) is 8.42 Å². The quantitative estimate of drug-likeness (QED) is 0.875. The van der Waals surface area contributed by atoms with Crippen molar-refractivity contribution in [3.8, 4) is 0 Å². The Balaban J connectivity index is 2.04. The van der Waals surface area contributed by atoms with Gasteiger partial charge in [0.05, 0.1) is 5.02 Å². The summed E-state index contributed by atoms with van der Waals surface area (Å²) in [5.41, 5.74) is 0. The largest absolute Gasteiger partial charge is 0.315 e. The second-order valence-corrected chi connectivity index (χ2v) is 8.31. The number of nitrogens with zero attached hydrogens (tertiary/aromatic N) is 1. The van der Waals surface area contributed by atoms with Crippen LogP contribution >= 0.6 is 27.5 Å². The van der Waals surface area contributed by atoms with E-state index >= 15 is 0 Å². The molecule has 7 heteroatoms. The average Bonchev–Trinajstić information content (AvgIpc) is 3.03. The molecule has 2 aliphatic rings. The molecule has 1 aliphatic heterocycles. The number of sulfonamides is 1. The van der Waals surface area contributed by atoms with Crippen molar-refractivity contribution in [2.45, 2.75) is 36.2 Å². The Labute approximate surface area is 132 Å². The molecule has 1 aromatic carbocycles. The highest BCUT2D eigenvalue weighted by molar-refractivity contribution is 9.10. The van der Waals surface area contributed by atoms with Gasteiger partial charge in [0.1, 0.15) is 4.90 Å². The van der Waals surface area contributed by atoms with Crippen molar-refractivity contribution in [3.63, 3.8) is 0 Å². The van der Waals surface area contributed by atoms with E-state index in [9.17, 15) is 8.42 Å². The molecule has 4 nitrogen and oxygen atoms in total. The van der Waals surface area contributed by atoms with E-state index in [1.807, 2.05) is 0 Å². The first kappa shape index (κ1) is 14.8. The second kappa shape index (κ2) is 5.57. The standard InChI is InChI=1S/C13H16BrClN2O2S/c14-11-2-1-3-12(15)13(11)20(18,19)17(9-4-5-9)10-6-7-16-8-10/h1-3,9-10,16H,4-8H2. The van der Waals surface area contributed by atoms with Crippen molar-refractivity contribution in [1.82, 2.24) is 9.62 Å². The highest BCUT2D eigenvalue weighted by atomic mass is 79.9. The fourth-order valence-electron chi connectivity index (χ4n) is 2.71. The Morgan fingerprint density at radius 1 is 1.25 bits per heavy atom. The monoisotopic (exact) mass is 378 g/mol. The van der Waals surface area contributed by atoms with Crippen LogP contribution in [0.1, 0.15) is 19.3 Å². The number of benzene rings is 1. The van der Waals surface area contributed by atoms with Gasteiger partial charge < -0.3 is 5.32 Å². The maximum atomic E-state index is 13.0. The van der Waals surface area contributed by atoms with Gasteiger partial charge in [-0.3, -0.25) is 0 Å². The van der Waals surface area contributed by atoms with Gasteiger partial charge in [-0.1, -0.05) is 17.7 Å². The predicted octanol–water partition coefficient (Wildman–Crippen LogP) is 2.62. The van der Waals surface area contributed by atoms with Crippen LogP contribution in [0, 0.1) is 0 Å². The molecule has 20 heavy (non-hydrogen) atoms. The van der Waals surface area contributed by atoms with Crippen LogP contribution < -0.4 is 5.32 Å². The second-order valence-electron chi connectivity index (χ2n) is 5.26. The summed E-state index contributed by atoms with van der Waals surface area (Å²) in [4.78, 5) is 0.195. The van der Waals surface area contributed by atoms with Gasteiger partial charge in [-0.2, -0.15) is 4.31 Å². The number of hydrogen-bond donors (Lipinski definition) is 1. The Morgan fingerprint density at radius 3 is 2.55 bits per heavy atom. The molecular weight excluding hydrogens is 364 g/mol. The van der Waals surface area contributed by atoms with Crippen molar-refractivity contribution in [2.75, 3.05) is 13.1 Å². The smallest absolute Gasteiger partial charge is 0.246 e. The van der Waals surface area contributed by atoms with Crippen LogP contribution in [0.15, 0.2) is 27.6 Å². The summed E-state index contributed by atoms with van der Waals surface area (Å²) in [5, 5.41) is 3.51. The van der Waals surface area contributed by atoms with E-state index in [4.69, 9.17) is 11.6 Å². The fraction of sp³-hybridized carbons (Fsp3) is 0.538. The minimum absolute atomic E-state index is 0.0377. The summed E-state index contributed by atoms with van der Waals surface area (Å²) in [6, 6.07) is 5.25. The maximum absolute atomic E-state index is 13.0. The molecule has 0 bridgehead atoms. The minimum Gasteiger partial charge on any atom is -0.315 e. The third-order valence-electron chi connectivity index (χ3n) is 3.76. The minimum atomic E-state index is -3.57. The van der Waals surface area contributed by atoms with Crippen LogP contribution in [0.3, 0.4) is 0 Å². The lowest BCUT2D eigenvalue weighted by atomic mass is 10.2. The van der Waals surface area contributed by atoms with E-state index in [0.717, 1.165) is 32.4 Å². The molecule has 1 heterocycles. The third kappa shape index (κ3) is 2.64. The van der Waals surface area contributed by atoms with Crippen LogP contribution in [0.4, 0.5) is 0 Å². The lowest BCUT2D eigenvalue weighted by molar-refractivity contribution is 0.327. The van der Waals surface area contributed by atoms with Crippen molar-refractivity contribution in [1.29, 1.82) is 0 Å². The normalized spacial score (nSPS) is 23.4. The van der Waals surface area contributed by atoms with Gasteiger partial charge in [0.2, 0.25) is 10.0 Å². The number of halogens is 2. The molecule has 0 aromatic heterocycles. The molecule has 1 atom stereocenters. The van der Waals surface area contributed by atoms with Crippen LogP contribution in [0.5, 0.6) is 0 Å². The predicted molar refractivity (Wildman–Crippen MR) is 82.5 cm³/mol. The highest BCUT2D eigenvalue weighted by Crippen LogP contribution is 2.39. The molecule has 1 aromatic rings. The topological polar surface area (TPSA) is 49.4 Å². The first-order valence-corrected chi connectivity index (χ1v) is 9.31. The molecule has 0 amide bonds. The van der Waals surface area contributed by atoms with Gasteiger partial charge in [0.15, 0.2) is 0 Å². The third-order valence-corrected chi connectivity index (χ3v) is 7.21. The van der Waals surface area contributed by atoms with E-state index in [2.05, 4.69) is 21.2 Å². The van der Waals surface area contributed by atoms with Crippen LogP contribution in [-0.2, 0) is 10.0 Å². The molecule has 3 rings (SSSR count). The zero-order chi connectivity index (χ0) is 14.3.